The predicted molar refractivity (Wildman–Crippen MR) is 90.3 cm³/mol. The van der Waals surface area contributed by atoms with Crippen LogP contribution in [0.25, 0.3) is 10.6 Å². The van der Waals surface area contributed by atoms with Crippen LogP contribution in [0.4, 0.5) is 0 Å². The van der Waals surface area contributed by atoms with E-state index in [1.54, 1.807) is 0 Å². The molecule has 1 aliphatic heterocycles. The number of hydrogen-bond donors (Lipinski definition) is 0. The second-order valence-corrected chi connectivity index (χ2v) is 7.23. The van der Waals surface area contributed by atoms with Crippen molar-refractivity contribution in [2.75, 3.05) is 26.3 Å². The number of benzene rings is 1. The van der Waals surface area contributed by atoms with E-state index in [9.17, 15) is 0 Å². The zero-order valence-corrected chi connectivity index (χ0v) is 13.7. The number of aryl methyl sites for hydroxylation is 2. The summed E-state index contributed by atoms with van der Waals surface area (Å²) < 4.78 is 5.46. The normalized spacial score (nSPS) is 19.1. The van der Waals surface area contributed by atoms with E-state index in [1.165, 1.54) is 46.0 Å². The number of thiazole rings is 1. The van der Waals surface area contributed by atoms with Crippen LogP contribution in [0.15, 0.2) is 24.3 Å². The van der Waals surface area contributed by atoms with Gasteiger partial charge >= 0.3 is 0 Å². The zero-order valence-electron chi connectivity index (χ0n) is 12.9. The molecule has 22 heavy (non-hydrogen) atoms. The van der Waals surface area contributed by atoms with Gasteiger partial charge in [0, 0.05) is 30.1 Å². The molecule has 1 fully saturated rings. The van der Waals surface area contributed by atoms with Crippen LogP contribution in [0.2, 0.25) is 0 Å². The SMILES string of the molecule is c1ccc(-c2nc3c(s2)CCCC3)c(CN2CCOCC2)c1. The van der Waals surface area contributed by atoms with Crippen molar-refractivity contribution < 1.29 is 4.74 Å². The second-order valence-electron chi connectivity index (χ2n) is 6.14. The fraction of sp³-hybridized carbons (Fsp3) is 0.500. The third-order valence-electron chi connectivity index (χ3n) is 4.59. The molecule has 0 radical (unpaired) electrons. The highest BCUT2D eigenvalue weighted by Gasteiger charge is 2.19. The van der Waals surface area contributed by atoms with Crippen molar-refractivity contribution in [3.05, 3.63) is 40.4 Å². The third kappa shape index (κ3) is 2.96. The lowest BCUT2D eigenvalue weighted by Crippen LogP contribution is -2.35. The molecule has 1 saturated heterocycles. The number of fused-ring (bicyclic) bond motifs is 1. The Balaban J connectivity index is 1.62. The Morgan fingerprint density at radius 1 is 1.09 bits per heavy atom. The largest absolute Gasteiger partial charge is 0.379 e. The van der Waals surface area contributed by atoms with E-state index in [1.807, 2.05) is 11.3 Å². The summed E-state index contributed by atoms with van der Waals surface area (Å²) in [4.78, 5) is 8.95. The van der Waals surface area contributed by atoms with Crippen LogP contribution in [-0.2, 0) is 24.1 Å². The Morgan fingerprint density at radius 2 is 1.91 bits per heavy atom. The number of ether oxygens (including phenoxy) is 1. The number of aromatic nitrogens is 1. The van der Waals surface area contributed by atoms with Gasteiger partial charge in [-0.1, -0.05) is 24.3 Å². The van der Waals surface area contributed by atoms with E-state index < -0.39 is 0 Å². The minimum Gasteiger partial charge on any atom is -0.379 e. The molecule has 0 bridgehead atoms. The number of hydrogen-bond acceptors (Lipinski definition) is 4. The first-order valence-electron chi connectivity index (χ1n) is 8.27. The molecule has 3 nitrogen and oxygen atoms in total. The zero-order chi connectivity index (χ0) is 14.8. The molecule has 2 aromatic rings. The minimum absolute atomic E-state index is 0.855. The molecule has 1 aromatic carbocycles. The van der Waals surface area contributed by atoms with Crippen LogP contribution in [0.1, 0.15) is 29.0 Å². The smallest absolute Gasteiger partial charge is 0.124 e. The van der Waals surface area contributed by atoms with Crippen LogP contribution in [-0.4, -0.2) is 36.2 Å². The number of nitrogens with zero attached hydrogens (tertiary/aromatic N) is 2. The summed E-state index contributed by atoms with van der Waals surface area (Å²) in [5.41, 5.74) is 4.08. The molecule has 0 saturated carbocycles. The van der Waals surface area contributed by atoms with Gasteiger partial charge in [0.05, 0.1) is 18.9 Å². The monoisotopic (exact) mass is 314 g/mol. The van der Waals surface area contributed by atoms with Crippen LogP contribution in [0.3, 0.4) is 0 Å². The molecular weight excluding hydrogens is 292 g/mol. The number of rotatable bonds is 3. The van der Waals surface area contributed by atoms with Gasteiger partial charge in [-0.15, -0.1) is 11.3 Å². The number of morpholine rings is 1. The molecule has 1 aromatic heterocycles. The van der Waals surface area contributed by atoms with Crippen molar-refractivity contribution >= 4 is 11.3 Å². The molecule has 116 valence electrons. The second kappa shape index (κ2) is 6.49. The third-order valence-corrected chi connectivity index (χ3v) is 5.78. The molecule has 2 heterocycles. The van der Waals surface area contributed by atoms with Crippen molar-refractivity contribution in [2.45, 2.75) is 32.2 Å². The first-order valence-corrected chi connectivity index (χ1v) is 9.09. The lowest BCUT2D eigenvalue weighted by atomic mass is 10.0. The summed E-state index contributed by atoms with van der Waals surface area (Å²) in [6.07, 6.45) is 5.01. The van der Waals surface area contributed by atoms with Gasteiger partial charge in [0.15, 0.2) is 0 Å². The molecular formula is C18H22N2OS. The maximum absolute atomic E-state index is 5.46. The molecule has 0 unspecified atom stereocenters. The first kappa shape index (κ1) is 14.4. The van der Waals surface area contributed by atoms with Crippen molar-refractivity contribution in [1.29, 1.82) is 0 Å². The Kier molecular flexibility index (Phi) is 4.24. The van der Waals surface area contributed by atoms with E-state index >= 15 is 0 Å². The average molecular weight is 314 g/mol. The summed E-state index contributed by atoms with van der Waals surface area (Å²) >= 11 is 1.91. The molecule has 1 aliphatic carbocycles. The van der Waals surface area contributed by atoms with E-state index in [2.05, 4.69) is 29.2 Å². The summed E-state index contributed by atoms with van der Waals surface area (Å²) in [6, 6.07) is 8.77. The minimum atomic E-state index is 0.855. The Labute approximate surface area is 135 Å². The molecule has 0 spiro atoms. The highest BCUT2D eigenvalue weighted by atomic mass is 32.1. The van der Waals surface area contributed by atoms with Gasteiger partial charge in [0.25, 0.3) is 0 Å². The highest BCUT2D eigenvalue weighted by molar-refractivity contribution is 7.15. The van der Waals surface area contributed by atoms with Crippen LogP contribution >= 0.6 is 11.3 Å². The van der Waals surface area contributed by atoms with Gasteiger partial charge in [-0.25, -0.2) is 4.98 Å². The van der Waals surface area contributed by atoms with Crippen LogP contribution in [0, 0.1) is 0 Å². The fourth-order valence-electron chi connectivity index (χ4n) is 3.33. The van der Waals surface area contributed by atoms with Gasteiger partial charge in [-0.2, -0.15) is 0 Å². The quantitative estimate of drug-likeness (QED) is 0.867. The molecule has 4 rings (SSSR count). The van der Waals surface area contributed by atoms with E-state index in [0.717, 1.165) is 39.3 Å². The topological polar surface area (TPSA) is 25.4 Å². The van der Waals surface area contributed by atoms with Crippen molar-refractivity contribution in [3.63, 3.8) is 0 Å². The molecule has 0 N–H and O–H groups in total. The van der Waals surface area contributed by atoms with Crippen molar-refractivity contribution in [3.8, 4) is 10.6 Å². The lowest BCUT2D eigenvalue weighted by molar-refractivity contribution is 0.0342. The van der Waals surface area contributed by atoms with E-state index in [0.29, 0.717) is 0 Å². The van der Waals surface area contributed by atoms with Crippen LogP contribution < -0.4 is 0 Å². The van der Waals surface area contributed by atoms with Gasteiger partial charge in [-0.05, 0) is 31.2 Å². The lowest BCUT2D eigenvalue weighted by Gasteiger charge is -2.27. The maximum Gasteiger partial charge on any atom is 0.124 e. The van der Waals surface area contributed by atoms with Gasteiger partial charge in [0.1, 0.15) is 5.01 Å². The maximum atomic E-state index is 5.46. The van der Waals surface area contributed by atoms with E-state index in [4.69, 9.17) is 9.72 Å². The highest BCUT2D eigenvalue weighted by Crippen LogP contribution is 2.34. The van der Waals surface area contributed by atoms with Gasteiger partial charge < -0.3 is 4.74 Å². The predicted octanol–water partition coefficient (Wildman–Crippen LogP) is 3.52. The molecule has 0 atom stereocenters. The summed E-state index contributed by atoms with van der Waals surface area (Å²) in [5.74, 6) is 0. The average Bonchev–Trinajstić information content (AvgIpc) is 3.00. The first-order chi connectivity index (χ1) is 10.9. The van der Waals surface area contributed by atoms with Crippen molar-refractivity contribution in [2.24, 2.45) is 0 Å². The molecule has 2 aliphatic rings. The summed E-state index contributed by atoms with van der Waals surface area (Å²) in [5, 5.41) is 1.22. The fourth-order valence-corrected chi connectivity index (χ4v) is 4.54. The Hall–Kier alpha value is -1.23. The van der Waals surface area contributed by atoms with E-state index in [-0.39, 0.29) is 0 Å². The summed E-state index contributed by atoms with van der Waals surface area (Å²) in [7, 11) is 0. The molecule has 0 amide bonds. The van der Waals surface area contributed by atoms with Crippen LogP contribution in [0.5, 0.6) is 0 Å². The molecule has 4 heteroatoms. The Morgan fingerprint density at radius 3 is 2.77 bits per heavy atom. The van der Waals surface area contributed by atoms with Gasteiger partial charge in [-0.3, -0.25) is 4.90 Å². The summed E-state index contributed by atoms with van der Waals surface area (Å²) in [6.45, 7) is 4.77. The van der Waals surface area contributed by atoms with Crippen molar-refractivity contribution in [1.82, 2.24) is 9.88 Å². The van der Waals surface area contributed by atoms with Gasteiger partial charge in [0.2, 0.25) is 0 Å². The standard InChI is InChI=1S/C18H22N2OS/c1-2-6-15(14(5-1)13-20-9-11-21-12-10-20)18-19-16-7-3-4-8-17(16)22-18/h1-2,5-6H,3-4,7-13H2. The Bertz CT molecular complexity index is 623.